The molecular weight excluding hydrogens is 267 g/mol. The van der Waals surface area contributed by atoms with E-state index in [1.807, 2.05) is 0 Å². The first-order valence-electron chi connectivity index (χ1n) is 6.67. The average Bonchev–Trinajstić information content (AvgIpc) is 2.77. The lowest BCUT2D eigenvalue weighted by Crippen LogP contribution is -2.21. The van der Waals surface area contributed by atoms with E-state index in [4.69, 9.17) is 13.6 Å². The molecule has 1 aliphatic heterocycles. The summed E-state index contributed by atoms with van der Waals surface area (Å²) in [5, 5.41) is 0. The SMILES string of the molecule is CCN1C=CN(C)C1.CCOP(=O)(OCC)OCC. The zero-order chi connectivity index (χ0) is 14.7. The van der Waals surface area contributed by atoms with Crippen molar-refractivity contribution in [2.45, 2.75) is 27.7 Å². The topological polar surface area (TPSA) is 51.2 Å². The Morgan fingerprint density at radius 2 is 1.47 bits per heavy atom. The van der Waals surface area contributed by atoms with Crippen LogP contribution in [-0.4, -0.2) is 49.9 Å². The van der Waals surface area contributed by atoms with Crippen LogP contribution in [0.1, 0.15) is 27.7 Å². The van der Waals surface area contributed by atoms with Gasteiger partial charge < -0.3 is 9.80 Å². The molecule has 0 aromatic carbocycles. The molecule has 114 valence electrons. The molecule has 19 heavy (non-hydrogen) atoms. The van der Waals surface area contributed by atoms with E-state index in [1.165, 1.54) is 0 Å². The molecule has 0 aromatic rings. The van der Waals surface area contributed by atoms with E-state index in [0.29, 0.717) is 19.8 Å². The second-order valence-corrected chi connectivity index (χ2v) is 5.47. The molecule has 0 amide bonds. The molecule has 0 unspecified atom stereocenters. The lowest BCUT2D eigenvalue weighted by Gasteiger charge is -2.14. The highest BCUT2D eigenvalue weighted by Crippen LogP contribution is 2.48. The van der Waals surface area contributed by atoms with Gasteiger partial charge in [0.1, 0.15) is 0 Å². The van der Waals surface area contributed by atoms with E-state index in [2.05, 4.69) is 36.2 Å². The Labute approximate surface area is 116 Å². The first-order valence-corrected chi connectivity index (χ1v) is 8.13. The molecule has 6 nitrogen and oxygen atoms in total. The van der Waals surface area contributed by atoms with Crippen LogP contribution in [-0.2, 0) is 18.1 Å². The first kappa shape index (κ1) is 18.4. The molecule has 0 radical (unpaired) electrons. The summed E-state index contributed by atoms with van der Waals surface area (Å²) in [6.45, 7) is 10.5. The van der Waals surface area contributed by atoms with Crippen molar-refractivity contribution in [2.75, 3.05) is 40.1 Å². The molecule has 0 spiro atoms. The van der Waals surface area contributed by atoms with Gasteiger partial charge in [0.05, 0.1) is 26.5 Å². The third kappa shape index (κ3) is 8.26. The lowest BCUT2D eigenvalue weighted by molar-refractivity contribution is 0.126. The van der Waals surface area contributed by atoms with Crippen LogP contribution in [0.5, 0.6) is 0 Å². The third-order valence-corrected chi connectivity index (χ3v) is 3.93. The highest BCUT2D eigenvalue weighted by molar-refractivity contribution is 7.48. The smallest absolute Gasteiger partial charge is 0.362 e. The normalized spacial score (nSPS) is 14.6. The van der Waals surface area contributed by atoms with Gasteiger partial charge in [-0.1, -0.05) is 0 Å². The summed E-state index contributed by atoms with van der Waals surface area (Å²) in [6.07, 6.45) is 4.20. The van der Waals surface area contributed by atoms with Crippen LogP contribution in [0.4, 0.5) is 0 Å². The molecule has 0 saturated heterocycles. The van der Waals surface area contributed by atoms with Gasteiger partial charge >= 0.3 is 7.82 Å². The van der Waals surface area contributed by atoms with Crippen molar-refractivity contribution in [2.24, 2.45) is 0 Å². The van der Waals surface area contributed by atoms with E-state index < -0.39 is 7.82 Å². The third-order valence-electron chi connectivity index (χ3n) is 2.20. The molecule has 1 aliphatic rings. The number of nitrogens with zero attached hydrogens (tertiary/aromatic N) is 2. The molecule has 1 heterocycles. The number of phosphoric ester groups is 1. The fraction of sp³-hybridized carbons (Fsp3) is 0.833. The zero-order valence-electron chi connectivity index (χ0n) is 12.7. The van der Waals surface area contributed by atoms with Gasteiger partial charge in [-0.3, -0.25) is 13.6 Å². The minimum Gasteiger partial charge on any atom is -0.362 e. The number of rotatable bonds is 7. The Hall–Kier alpha value is -0.550. The highest BCUT2D eigenvalue weighted by Gasteiger charge is 2.23. The molecule has 0 aromatic heterocycles. The molecule has 0 atom stereocenters. The van der Waals surface area contributed by atoms with Crippen LogP contribution in [0.15, 0.2) is 12.4 Å². The van der Waals surface area contributed by atoms with Crippen molar-refractivity contribution in [1.29, 1.82) is 0 Å². The van der Waals surface area contributed by atoms with Crippen molar-refractivity contribution in [3.63, 3.8) is 0 Å². The fourth-order valence-corrected chi connectivity index (χ4v) is 2.55. The molecule has 1 rings (SSSR count). The molecule has 0 saturated carbocycles. The van der Waals surface area contributed by atoms with Crippen molar-refractivity contribution in [3.05, 3.63) is 12.4 Å². The maximum Gasteiger partial charge on any atom is 0.474 e. The van der Waals surface area contributed by atoms with E-state index >= 15 is 0 Å². The molecule has 0 fully saturated rings. The number of phosphoric acid groups is 1. The predicted molar refractivity (Wildman–Crippen MR) is 76.6 cm³/mol. The van der Waals surface area contributed by atoms with Gasteiger partial charge in [0.25, 0.3) is 0 Å². The van der Waals surface area contributed by atoms with Gasteiger partial charge in [-0.2, -0.15) is 0 Å². The molecular formula is C12H27N2O4P. The van der Waals surface area contributed by atoms with Gasteiger partial charge in [0.15, 0.2) is 0 Å². The summed E-state index contributed by atoms with van der Waals surface area (Å²) >= 11 is 0. The van der Waals surface area contributed by atoms with Gasteiger partial charge in [-0.15, -0.1) is 0 Å². The molecule has 0 aliphatic carbocycles. The van der Waals surface area contributed by atoms with Crippen LogP contribution >= 0.6 is 7.82 Å². The van der Waals surface area contributed by atoms with Gasteiger partial charge in [0.2, 0.25) is 0 Å². The largest absolute Gasteiger partial charge is 0.474 e. The van der Waals surface area contributed by atoms with Crippen molar-refractivity contribution >= 4 is 7.82 Å². The van der Waals surface area contributed by atoms with E-state index in [1.54, 1.807) is 20.8 Å². The minimum absolute atomic E-state index is 0.331. The van der Waals surface area contributed by atoms with Gasteiger partial charge in [-0.25, -0.2) is 4.57 Å². The quantitative estimate of drug-likeness (QED) is 0.673. The summed E-state index contributed by atoms with van der Waals surface area (Å²) in [4.78, 5) is 4.41. The average molecular weight is 294 g/mol. The Morgan fingerprint density at radius 3 is 1.68 bits per heavy atom. The van der Waals surface area contributed by atoms with Crippen LogP contribution in [0.25, 0.3) is 0 Å². The van der Waals surface area contributed by atoms with Crippen molar-refractivity contribution in [1.82, 2.24) is 9.80 Å². The fourth-order valence-electron chi connectivity index (χ4n) is 1.38. The second-order valence-electron chi connectivity index (χ2n) is 3.80. The maximum atomic E-state index is 11.3. The number of hydrogen-bond acceptors (Lipinski definition) is 6. The van der Waals surface area contributed by atoms with E-state index in [9.17, 15) is 4.57 Å². The van der Waals surface area contributed by atoms with Crippen molar-refractivity contribution in [3.8, 4) is 0 Å². The summed E-state index contributed by atoms with van der Waals surface area (Å²) in [5.41, 5.74) is 0. The first-order chi connectivity index (χ1) is 9.01. The summed E-state index contributed by atoms with van der Waals surface area (Å²) in [5.74, 6) is 0. The number of hydrogen-bond donors (Lipinski definition) is 0. The Kier molecular flexibility index (Phi) is 9.97. The van der Waals surface area contributed by atoms with Crippen LogP contribution in [0, 0.1) is 0 Å². The molecule has 0 N–H and O–H groups in total. The molecule has 0 bridgehead atoms. The van der Waals surface area contributed by atoms with Crippen molar-refractivity contribution < 1.29 is 18.1 Å². The standard InChI is InChI=1S/C6H12N2.C6H15O4P/c1-3-8-5-4-7(2)6-8;1-4-8-11(7,9-5-2)10-6-3/h4-5H,3,6H2,1-2H3;4-6H2,1-3H3. The van der Waals surface area contributed by atoms with E-state index in [0.717, 1.165) is 13.2 Å². The second kappa shape index (κ2) is 10.3. The Morgan fingerprint density at radius 1 is 1.00 bits per heavy atom. The minimum atomic E-state index is -3.22. The lowest BCUT2D eigenvalue weighted by atomic mass is 10.6. The summed E-state index contributed by atoms with van der Waals surface area (Å²) < 4.78 is 25.8. The Balaban J connectivity index is 0.000000356. The van der Waals surface area contributed by atoms with Gasteiger partial charge in [-0.05, 0) is 27.7 Å². The van der Waals surface area contributed by atoms with E-state index in [-0.39, 0.29) is 0 Å². The zero-order valence-corrected chi connectivity index (χ0v) is 13.6. The van der Waals surface area contributed by atoms with Crippen LogP contribution in [0.2, 0.25) is 0 Å². The molecule has 7 heteroatoms. The maximum absolute atomic E-state index is 11.3. The van der Waals surface area contributed by atoms with Crippen LogP contribution in [0.3, 0.4) is 0 Å². The highest BCUT2D eigenvalue weighted by atomic mass is 31.2. The summed E-state index contributed by atoms with van der Waals surface area (Å²) in [6, 6.07) is 0. The van der Waals surface area contributed by atoms with Gasteiger partial charge in [0, 0.05) is 26.0 Å². The monoisotopic (exact) mass is 294 g/mol. The predicted octanol–water partition coefficient (Wildman–Crippen LogP) is 2.89. The summed E-state index contributed by atoms with van der Waals surface area (Å²) in [7, 11) is -1.14. The van der Waals surface area contributed by atoms with Crippen LogP contribution < -0.4 is 0 Å². The Bertz CT molecular complexity index is 276.